The van der Waals surface area contributed by atoms with Crippen molar-refractivity contribution in [2.45, 2.75) is 32.0 Å². The fourth-order valence-corrected chi connectivity index (χ4v) is 3.87. The smallest absolute Gasteiger partial charge is 0.255 e. The summed E-state index contributed by atoms with van der Waals surface area (Å²) in [6, 6.07) is 16.9. The van der Waals surface area contributed by atoms with Crippen molar-refractivity contribution in [2.24, 2.45) is 5.73 Å². The Morgan fingerprint density at radius 1 is 1.07 bits per heavy atom. The average molecular weight is 403 g/mol. The highest BCUT2D eigenvalue weighted by atomic mass is 16.2. The van der Waals surface area contributed by atoms with E-state index < -0.39 is 0 Å². The lowest BCUT2D eigenvalue weighted by molar-refractivity contribution is -0.122. The molecule has 2 aromatic carbocycles. The van der Waals surface area contributed by atoms with E-state index in [-0.39, 0.29) is 17.9 Å². The largest absolute Gasteiger partial charge is 0.368 e. The van der Waals surface area contributed by atoms with Crippen molar-refractivity contribution in [3.63, 3.8) is 0 Å². The van der Waals surface area contributed by atoms with Crippen molar-refractivity contribution in [3.05, 3.63) is 83.7 Å². The molecule has 0 spiro atoms. The number of hydrogen-bond acceptors (Lipinski definition) is 4. The Morgan fingerprint density at radius 3 is 2.63 bits per heavy atom. The second kappa shape index (κ2) is 8.92. The Bertz CT molecular complexity index is 1010. The molecule has 3 aromatic rings. The molecule has 4 rings (SSSR count). The number of nitrogens with two attached hydrogens (primary N) is 1. The highest BCUT2D eigenvalue weighted by Gasteiger charge is 2.28. The molecule has 1 unspecified atom stereocenters. The van der Waals surface area contributed by atoms with Gasteiger partial charge in [0, 0.05) is 30.2 Å². The van der Waals surface area contributed by atoms with Crippen LogP contribution in [-0.4, -0.2) is 39.1 Å². The Morgan fingerprint density at radius 2 is 1.90 bits per heavy atom. The third kappa shape index (κ3) is 4.75. The van der Waals surface area contributed by atoms with Gasteiger partial charge < -0.3 is 11.1 Å². The Kier molecular flexibility index (Phi) is 5.90. The molecule has 1 fully saturated rings. The minimum atomic E-state index is -0.270. The molecule has 2 heterocycles. The molecule has 0 radical (unpaired) electrons. The summed E-state index contributed by atoms with van der Waals surface area (Å²) in [6.45, 7) is 2.16. The van der Waals surface area contributed by atoms with Crippen molar-refractivity contribution in [1.29, 1.82) is 0 Å². The number of nitrogens with one attached hydrogen (secondary N) is 1. The van der Waals surface area contributed by atoms with Crippen LogP contribution in [0.1, 0.15) is 34.3 Å². The summed E-state index contributed by atoms with van der Waals surface area (Å²) in [5.74, 6) is -0.429. The van der Waals surface area contributed by atoms with Gasteiger partial charge in [-0.05, 0) is 60.8 Å². The predicted molar refractivity (Wildman–Crippen MR) is 115 cm³/mol. The van der Waals surface area contributed by atoms with Gasteiger partial charge >= 0.3 is 0 Å². The molecule has 0 saturated carbocycles. The van der Waals surface area contributed by atoms with E-state index in [4.69, 9.17) is 5.73 Å². The molecule has 0 bridgehead atoms. The average Bonchev–Trinajstić information content (AvgIpc) is 3.41. The van der Waals surface area contributed by atoms with Crippen molar-refractivity contribution in [3.8, 4) is 0 Å². The first-order valence-corrected chi connectivity index (χ1v) is 10.1. The monoisotopic (exact) mass is 403 g/mol. The van der Waals surface area contributed by atoms with E-state index in [0.717, 1.165) is 36.2 Å². The van der Waals surface area contributed by atoms with Gasteiger partial charge in [0.15, 0.2) is 0 Å². The van der Waals surface area contributed by atoms with Gasteiger partial charge in [-0.3, -0.25) is 19.2 Å². The summed E-state index contributed by atoms with van der Waals surface area (Å²) in [7, 11) is 0. The first-order chi connectivity index (χ1) is 14.6. The SMILES string of the molecule is NC(=O)C1CCCN1Cc1cccc(NC(=O)c2ccc(Cn3cccn3)cc2)c1. The summed E-state index contributed by atoms with van der Waals surface area (Å²) in [5.41, 5.74) is 8.95. The minimum Gasteiger partial charge on any atom is -0.368 e. The molecule has 2 amide bonds. The van der Waals surface area contributed by atoms with Crippen LogP contribution in [0.5, 0.6) is 0 Å². The predicted octanol–water partition coefficient (Wildman–Crippen LogP) is 2.63. The summed E-state index contributed by atoms with van der Waals surface area (Å²) < 4.78 is 1.84. The van der Waals surface area contributed by atoms with Gasteiger partial charge in [0.05, 0.1) is 12.6 Å². The number of carbonyl (C=O) groups is 2. The van der Waals surface area contributed by atoms with E-state index in [1.165, 1.54) is 0 Å². The highest BCUT2D eigenvalue weighted by Crippen LogP contribution is 2.21. The lowest BCUT2D eigenvalue weighted by atomic mass is 10.1. The van der Waals surface area contributed by atoms with Crippen LogP contribution in [0, 0.1) is 0 Å². The molecule has 1 aliphatic heterocycles. The van der Waals surface area contributed by atoms with Crippen LogP contribution in [0.2, 0.25) is 0 Å². The van der Waals surface area contributed by atoms with E-state index in [0.29, 0.717) is 18.7 Å². The number of likely N-dealkylation sites (tertiary alicyclic amines) is 1. The maximum absolute atomic E-state index is 12.6. The maximum Gasteiger partial charge on any atom is 0.255 e. The van der Waals surface area contributed by atoms with E-state index in [9.17, 15) is 9.59 Å². The summed E-state index contributed by atoms with van der Waals surface area (Å²) in [5, 5.41) is 7.15. The van der Waals surface area contributed by atoms with Crippen molar-refractivity contribution in [1.82, 2.24) is 14.7 Å². The topological polar surface area (TPSA) is 93.3 Å². The van der Waals surface area contributed by atoms with Crippen molar-refractivity contribution in [2.75, 3.05) is 11.9 Å². The zero-order chi connectivity index (χ0) is 20.9. The summed E-state index contributed by atoms with van der Waals surface area (Å²) >= 11 is 0. The van der Waals surface area contributed by atoms with Gasteiger partial charge in [0.25, 0.3) is 5.91 Å². The summed E-state index contributed by atoms with van der Waals surface area (Å²) in [6.07, 6.45) is 5.43. The number of aromatic nitrogens is 2. The molecule has 1 saturated heterocycles. The number of rotatable bonds is 7. The van der Waals surface area contributed by atoms with Gasteiger partial charge in [-0.25, -0.2) is 0 Å². The van der Waals surface area contributed by atoms with Crippen LogP contribution in [0.3, 0.4) is 0 Å². The molecule has 30 heavy (non-hydrogen) atoms. The lowest BCUT2D eigenvalue weighted by Crippen LogP contribution is -2.39. The zero-order valence-electron chi connectivity index (χ0n) is 16.7. The molecular formula is C23H25N5O2. The normalized spacial score (nSPS) is 16.5. The molecule has 7 heteroatoms. The summed E-state index contributed by atoms with van der Waals surface area (Å²) in [4.78, 5) is 26.3. The second-order valence-electron chi connectivity index (χ2n) is 7.59. The van der Waals surface area contributed by atoms with Gasteiger partial charge in [0.2, 0.25) is 5.91 Å². The fourth-order valence-electron chi connectivity index (χ4n) is 3.87. The molecule has 3 N–H and O–H groups in total. The van der Waals surface area contributed by atoms with Crippen LogP contribution in [0.4, 0.5) is 5.69 Å². The Labute approximate surface area is 175 Å². The van der Waals surface area contributed by atoms with Crippen LogP contribution in [-0.2, 0) is 17.9 Å². The number of anilines is 1. The number of hydrogen-bond donors (Lipinski definition) is 2. The van der Waals surface area contributed by atoms with E-state index in [1.54, 1.807) is 6.20 Å². The standard InChI is InChI=1S/C23H25N5O2/c24-22(29)21-6-2-12-27(21)15-18-4-1-5-20(14-18)26-23(30)19-9-7-17(8-10-19)16-28-13-3-11-25-28/h1,3-5,7-11,13-14,21H,2,6,12,15-16H2,(H2,24,29)(H,26,30). The quantitative estimate of drug-likeness (QED) is 0.634. The molecule has 0 aliphatic carbocycles. The molecule has 1 aliphatic rings. The Hall–Kier alpha value is -3.45. The van der Waals surface area contributed by atoms with Gasteiger partial charge in [-0.2, -0.15) is 5.10 Å². The number of carbonyl (C=O) groups excluding carboxylic acids is 2. The number of nitrogens with zero attached hydrogens (tertiary/aromatic N) is 3. The maximum atomic E-state index is 12.6. The van der Waals surface area contributed by atoms with E-state index in [1.807, 2.05) is 65.5 Å². The van der Waals surface area contributed by atoms with E-state index in [2.05, 4.69) is 15.3 Å². The molecule has 154 valence electrons. The van der Waals surface area contributed by atoms with Crippen molar-refractivity contribution < 1.29 is 9.59 Å². The first kappa shape index (κ1) is 19.8. The highest BCUT2D eigenvalue weighted by molar-refractivity contribution is 6.04. The van der Waals surface area contributed by atoms with Crippen molar-refractivity contribution >= 4 is 17.5 Å². The number of benzene rings is 2. The fraction of sp³-hybridized carbons (Fsp3) is 0.261. The van der Waals surface area contributed by atoms with Crippen LogP contribution >= 0.6 is 0 Å². The van der Waals surface area contributed by atoms with Crippen LogP contribution < -0.4 is 11.1 Å². The third-order valence-electron chi connectivity index (χ3n) is 5.38. The van der Waals surface area contributed by atoms with Gasteiger partial charge in [-0.1, -0.05) is 24.3 Å². The molecule has 1 aromatic heterocycles. The van der Waals surface area contributed by atoms with Crippen LogP contribution in [0.25, 0.3) is 0 Å². The number of primary amides is 1. The Balaban J connectivity index is 1.38. The van der Waals surface area contributed by atoms with Gasteiger partial charge in [-0.15, -0.1) is 0 Å². The first-order valence-electron chi connectivity index (χ1n) is 10.1. The van der Waals surface area contributed by atoms with Gasteiger partial charge in [0.1, 0.15) is 0 Å². The molecular weight excluding hydrogens is 378 g/mol. The third-order valence-corrected chi connectivity index (χ3v) is 5.38. The second-order valence-corrected chi connectivity index (χ2v) is 7.59. The minimum absolute atomic E-state index is 0.158. The zero-order valence-corrected chi connectivity index (χ0v) is 16.7. The molecule has 7 nitrogen and oxygen atoms in total. The van der Waals surface area contributed by atoms with Crippen LogP contribution in [0.15, 0.2) is 67.0 Å². The van der Waals surface area contributed by atoms with E-state index >= 15 is 0 Å². The lowest BCUT2D eigenvalue weighted by Gasteiger charge is -2.22. The molecule has 1 atom stereocenters. The number of amides is 2.